The lowest BCUT2D eigenvalue weighted by atomic mass is 10.3. The first-order chi connectivity index (χ1) is 5.13. The average Bonchev–Trinajstić information content (AvgIpc) is 1.94. The predicted molar refractivity (Wildman–Crippen MR) is 44.2 cm³/mol. The van der Waals surface area contributed by atoms with Crippen LogP contribution in [0.15, 0.2) is 12.3 Å². The van der Waals surface area contributed by atoms with E-state index >= 15 is 0 Å². The maximum atomic E-state index is 10.4. The van der Waals surface area contributed by atoms with Crippen molar-refractivity contribution in [3.63, 3.8) is 0 Å². The van der Waals surface area contributed by atoms with Gasteiger partial charge in [-0.1, -0.05) is 11.6 Å². The van der Waals surface area contributed by atoms with Crippen LogP contribution in [0.4, 0.5) is 5.69 Å². The molecule has 0 radical (unpaired) electrons. The minimum absolute atomic E-state index is 0. The minimum atomic E-state index is -1.18. The number of anilines is 1. The van der Waals surface area contributed by atoms with Crippen molar-refractivity contribution in [2.75, 3.05) is 5.73 Å². The van der Waals surface area contributed by atoms with E-state index in [9.17, 15) is 4.79 Å². The molecular formula is C6H7ClN2O3. The van der Waals surface area contributed by atoms with Crippen molar-refractivity contribution < 1.29 is 15.4 Å². The number of carbonyl (C=O) groups is 1. The van der Waals surface area contributed by atoms with Gasteiger partial charge in [0.15, 0.2) is 5.69 Å². The van der Waals surface area contributed by atoms with E-state index in [0.717, 1.165) is 0 Å². The number of rotatable bonds is 1. The summed E-state index contributed by atoms with van der Waals surface area (Å²) >= 11 is 5.52. The Morgan fingerprint density at radius 3 is 2.67 bits per heavy atom. The van der Waals surface area contributed by atoms with Gasteiger partial charge in [-0.2, -0.15) is 0 Å². The van der Waals surface area contributed by atoms with Crippen molar-refractivity contribution in [2.45, 2.75) is 0 Å². The van der Waals surface area contributed by atoms with Gasteiger partial charge in [0, 0.05) is 6.20 Å². The van der Waals surface area contributed by atoms with E-state index in [-0.39, 0.29) is 21.9 Å². The molecule has 0 bridgehead atoms. The molecule has 12 heavy (non-hydrogen) atoms. The largest absolute Gasteiger partial charge is 0.476 e. The summed E-state index contributed by atoms with van der Waals surface area (Å²) in [5.74, 6) is -1.18. The van der Waals surface area contributed by atoms with Gasteiger partial charge in [-0.3, -0.25) is 0 Å². The lowest BCUT2D eigenvalue weighted by Crippen LogP contribution is -2.02. The Morgan fingerprint density at radius 1 is 1.67 bits per heavy atom. The number of nitrogen functional groups attached to an aromatic ring is 1. The van der Waals surface area contributed by atoms with Crippen LogP contribution in [-0.4, -0.2) is 21.5 Å². The molecule has 0 atom stereocenters. The Labute approximate surface area is 73.1 Å². The topological polar surface area (TPSA) is 108 Å². The molecule has 5 N–H and O–H groups in total. The number of nitrogens with two attached hydrogens (primary N) is 1. The van der Waals surface area contributed by atoms with Crippen LogP contribution in [0.25, 0.3) is 0 Å². The molecule has 0 saturated carbocycles. The maximum Gasteiger partial charge on any atom is 0.356 e. The Bertz CT molecular complexity index is 303. The van der Waals surface area contributed by atoms with E-state index in [2.05, 4.69) is 4.98 Å². The molecule has 1 aromatic heterocycles. The summed E-state index contributed by atoms with van der Waals surface area (Å²) in [7, 11) is 0. The normalized spacial score (nSPS) is 8.75. The molecule has 0 spiro atoms. The smallest absolute Gasteiger partial charge is 0.356 e. The molecule has 0 unspecified atom stereocenters. The fourth-order valence-electron chi connectivity index (χ4n) is 0.608. The molecule has 1 rings (SSSR count). The van der Waals surface area contributed by atoms with Gasteiger partial charge < -0.3 is 16.3 Å². The van der Waals surface area contributed by atoms with Crippen molar-refractivity contribution in [3.05, 3.63) is 23.0 Å². The fraction of sp³-hybridized carbons (Fsp3) is 0. The average molecular weight is 191 g/mol. The van der Waals surface area contributed by atoms with Crippen LogP contribution in [0.3, 0.4) is 0 Å². The number of hydrogen-bond donors (Lipinski definition) is 2. The third-order valence-electron chi connectivity index (χ3n) is 1.12. The van der Waals surface area contributed by atoms with Crippen LogP contribution in [0.5, 0.6) is 0 Å². The van der Waals surface area contributed by atoms with Crippen molar-refractivity contribution >= 4 is 23.3 Å². The summed E-state index contributed by atoms with van der Waals surface area (Å²) in [5, 5.41) is 8.47. The van der Waals surface area contributed by atoms with Crippen molar-refractivity contribution in [3.8, 4) is 0 Å². The number of halogens is 1. The molecule has 0 saturated heterocycles. The Balaban J connectivity index is 0.00000121. The van der Waals surface area contributed by atoms with Gasteiger partial charge >= 0.3 is 5.97 Å². The summed E-state index contributed by atoms with van der Waals surface area (Å²) in [5.41, 5.74) is 5.33. The third kappa shape index (κ3) is 1.84. The maximum absolute atomic E-state index is 10.4. The van der Waals surface area contributed by atoms with Crippen LogP contribution >= 0.6 is 11.6 Å². The van der Waals surface area contributed by atoms with Crippen LogP contribution < -0.4 is 5.73 Å². The van der Waals surface area contributed by atoms with E-state index in [1.807, 2.05) is 0 Å². The van der Waals surface area contributed by atoms with Crippen LogP contribution in [-0.2, 0) is 0 Å². The quantitative estimate of drug-likeness (QED) is 0.659. The standard InChI is InChI=1S/C6H5ClN2O2.H2O/c7-4-3(8)1-2-9-5(4)6(10)11;/h1-2H,(H2,8,9)(H,10,11);1H2. The molecule has 6 heteroatoms. The fourth-order valence-corrected chi connectivity index (χ4v) is 0.800. The molecule has 0 aromatic carbocycles. The summed E-state index contributed by atoms with van der Waals surface area (Å²) in [4.78, 5) is 13.9. The molecular weight excluding hydrogens is 184 g/mol. The molecule has 1 aromatic rings. The highest BCUT2D eigenvalue weighted by Crippen LogP contribution is 2.20. The Kier molecular flexibility index (Phi) is 3.46. The zero-order chi connectivity index (χ0) is 8.43. The molecule has 1 heterocycles. The van der Waals surface area contributed by atoms with E-state index in [1.54, 1.807) is 0 Å². The highest BCUT2D eigenvalue weighted by molar-refractivity contribution is 6.35. The Hall–Kier alpha value is -1.33. The van der Waals surface area contributed by atoms with Gasteiger partial charge in [0.05, 0.1) is 10.7 Å². The van der Waals surface area contributed by atoms with Gasteiger partial charge in [-0.25, -0.2) is 9.78 Å². The first-order valence-corrected chi connectivity index (χ1v) is 3.14. The van der Waals surface area contributed by atoms with E-state index in [0.29, 0.717) is 0 Å². The zero-order valence-electron chi connectivity index (χ0n) is 5.91. The van der Waals surface area contributed by atoms with E-state index < -0.39 is 5.97 Å². The zero-order valence-corrected chi connectivity index (χ0v) is 6.67. The predicted octanol–water partition coefficient (Wildman–Crippen LogP) is 0.191. The first-order valence-electron chi connectivity index (χ1n) is 2.76. The summed E-state index contributed by atoms with van der Waals surface area (Å²) in [6.45, 7) is 0. The third-order valence-corrected chi connectivity index (χ3v) is 1.52. The monoisotopic (exact) mass is 190 g/mol. The molecule has 66 valence electrons. The van der Waals surface area contributed by atoms with Gasteiger partial charge in [-0.15, -0.1) is 0 Å². The molecule has 0 fully saturated rings. The van der Waals surface area contributed by atoms with Crippen LogP contribution in [0.2, 0.25) is 5.02 Å². The van der Waals surface area contributed by atoms with E-state index in [4.69, 9.17) is 22.4 Å². The SMILES string of the molecule is Nc1ccnc(C(=O)O)c1Cl.O. The van der Waals surface area contributed by atoms with Gasteiger partial charge in [0.2, 0.25) is 0 Å². The second-order valence-electron chi connectivity index (χ2n) is 1.87. The first kappa shape index (κ1) is 10.7. The number of carboxylic acid groups (broad SMARTS) is 1. The summed E-state index contributed by atoms with van der Waals surface area (Å²) in [6.07, 6.45) is 1.30. The second kappa shape index (κ2) is 3.89. The minimum Gasteiger partial charge on any atom is -0.476 e. The Morgan fingerprint density at radius 2 is 2.25 bits per heavy atom. The van der Waals surface area contributed by atoms with Crippen molar-refractivity contribution in [1.29, 1.82) is 0 Å². The highest BCUT2D eigenvalue weighted by Gasteiger charge is 2.11. The lowest BCUT2D eigenvalue weighted by Gasteiger charge is -1.98. The molecule has 5 nitrogen and oxygen atoms in total. The van der Waals surface area contributed by atoms with Gasteiger partial charge in [0.1, 0.15) is 0 Å². The van der Waals surface area contributed by atoms with Gasteiger partial charge in [-0.05, 0) is 6.07 Å². The van der Waals surface area contributed by atoms with Gasteiger partial charge in [0.25, 0.3) is 0 Å². The summed E-state index contributed by atoms with van der Waals surface area (Å²) < 4.78 is 0. The molecule has 0 amide bonds. The molecule has 0 aliphatic carbocycles. The molecule has 0 aliphatic rings. The van der Waals surface area contributed by atoms with Crippen LogP contribution in [0.1, 0.15) is 10.5 Å². The second-order valence-corrected chi connectivity index (χ2v) is 2.25. The number of aromatic nitrogens is 1. The number of carboxylic acids is 1. The number of nitrogens with zero attached hydrogens (tertiary/aromatic N) is 1. The number of pyridine rings is 1. The lowest BCUT2D eigenvalue weighted by molar-refractivity contribution is 0.0691. The van der Waals surface area contributed by atoms with Crippen molar-refractivity contribution in [1.82, 2.24) is 4.98 Å². The van der Waals surface area contributed by atoms with Crippen LogP contribution in [0, 0.1) is 0 Å². The number of hydrogen-bond acceptors (Lipinski definition) is 3. The number of aromatic carboxylic acids is 1. The van der Waals surface area contributed by atoms with Crippen molar-refractivity contribution in [2.24, 2.45) is 0 Å². The highest BCUT2D eigenvalue weighted by atomic mass is 35.5. The summed E-state index contributed by atoms with van der Waals surface area (Å²) in [6, 6.07) is 1.44. The molecule has 0 aliphatic heterocycles. The van der Waals surface area contributed by atoms with E-state index in [1.165, 1.54) is 12.3 Å².